The molecule has 1 aromatic carbocycles. The van der Waals surface area contributed by atoms with Crippen LogP contribution in [0.1, 0.15) is 43.9 Å². The minimum absolute atomic E-state index is 0.111. The number of hydrogen-bond donors (Lipinski definition) is 1. The van der Waals surface area contributed by atoms with Crippen molar-refractivity contribution in [3.8, 4) is 0 Å². The lowest BCUT2D eigenvalue weighted by molar-refractivity contribution is 0.506. The molecule has 0 heterocycles. The maximum Gasteiger partial charge on any atom is 0.150 e. The summed E-state index contributed by atoms with van der Waals surface area (Å²) in [4.78, 5) is 0. The van der Waals surface area contributed by atoms with Crippen molar-refractivity contribution in [2.45, 2.75) is 39.7 Å². The van der Waals surface area contributed by atoms with Crippen LogP contribution in [0.4, 0.5) is 0 Å². The minimum Gasteiger partial charge on any atom is -0.310 e. The number of hydrogen-bond acceptors (Lipinski definition) is 3. The first-order chi connectivity index (χ1) is 9.39. The van der Waals surface area contributed by atoms with E-state index in [1.54, 1.807) is 6.92 Å². The van der Waals surface area contributed by atoms with Crippen molar-refractivity contribution >= 4 is 21.4 Å². The Kier molecular flexibility index (Phi) is 7.00. The van der Waals surface area contributed by atoms with Crippen LogP contribution in [-0.4, -0.2) is 26.5 Å². The summed E-state index contributed by atoms with van der Waals surface area (Å²) < 4.78 is 23.1. The second kappa shape index (κ2) is 8.01. The zero-order chi connectivity index (χ0) is 15.2. The Bertz CT molecular complexity index is 529. The Balaban J connectivity index is 2.74. The fourth-order valence-corrected chi connectivity index (χ4v) is 3.44. The van der Waals surface area contributed by atoms with Crippen molar-refractivity contribution in [3.05, 3.63) is 34.3 Å². The van der Waals surface area contributed by atoms with Crippen LogP contribution < -0.4 is 5.32 Å². The van der Waals surface area contributed by atoms with E-state index in [1.165, 1.54) is 0 Å². The van der Waals surface area contributed by atoms with E-state index in [0.717, 1.165) is 29.1 Å². The highest BCUT2D eigenvalue weighted by molar-refractivity contribution is 7.91. The van der Waals surface area contributed by atoms with Crippen molar-refractivity contribution in [2.75, 3.05) is 18.1 Å². The predicted molar refractivity (Wildman–Crippen MR) is 86.2 cm³/mol. The van der Waals surface area contributed by atoms with E-state index in [-0.39, 0.29) is 17.5 Å². The summed E-state index contributed by atoms with van der Waals surface area (Å²) in [6.45, 7) is 6.56. The molecule has 1 unspecified atom stereocenters. The van der Waals surface area contributed by atoms with Crippen molar-refractivity contribution in [3.63, 3.8) is 0 Å². The van der Waals surface area contributed by atoms with Gasteiger partial charge in [0.15, 0.2) is 0 Å². The number of benzene rings is 1. The second-order valence-electron chi connectivity index (χ2n) is 5.01. The van der Waals surface area contributed by atoms with Crippen molar-refractivity contribution < 1.29 is 8.42 Å². The molecule has 0 spiro atoms. The topological polar surface area (TPSA) is 46.2 Å². The molecular weight excluding hydrogens is 294 g/mol. The largest absolute Gasteiger partial charge is 0.310 e. The summed E-state index contributed by atoms with van der Waals surface area (Å²) in [6.07, 6.45) is 1.42. The first-order valence-corrected chi connectivity index (χ1v) is 9.29. The molecule has 1 aromatic rings. The number of rotatable bonds is 8. The first kappa shape index (κ1) is 17.5. The van der Waals surface area contributed by atoms with Gasteiger partial charge in [0.25, 0.3) is 0 Å². The van der Waals surface area contributed by atoms with Crippen LogP contribution in [0, 0.1) is 6.92 Å². The molecule has 1 atom stereocenters. The Morgan fingerprint density at radius 1 is 1.30 bits per heavy atom. The third-order valence-electron chi connectivity index (χ3n) is 3.37. The third kappa shape index (κ3) is 5.43. The van der Waals surface area contributed by atoms with E-state index in [9.17, 15) is 8.42 Å². The van der Waals surface area contributed by atoms with Gasteiger partial charge in [-0.15, -0.1) is 0 Å². The van der Waals surface area contributed by atoms with Crippen LogP contribution in [0.15, 0.2) is 18.2 Å². The molecule has 3 nitrogen and oxygen atoms in total. The maximum absolute atomic E-state index is 11.5. The van der Waals surface area contributed by atoms with Crippen LogP contribution in [0.25, 0.3) is 0 Å². The molecular formula is C15H24ClNO2S. The third-order valence-corrected chi connectivity index (χ3v) is 5.49. The molecule has 5 heteroatoms. The summed E-state index contributed by atoms with van der Waals surface area (Å²) >= 11 is 6.30. The SMILES string of the molecule is CCNC(CCCS(=O)(=O)CC)c1ccc(C)cc1Cl. The average Bonchev–Trinajstić information content (AvgIpc) is 2.38. The molecule has 1 N–H and O–H groups in total. The van der Waals surface area contributed by atoms with Crippen LogP contribution in [-0.2, 0) is 9.84 Å². The Morgan fingerprint density at radius 2 is 2.00 bits per heavy atom. The molecule has 0 aliphatic carbocycles. The molecule has 20 heavy (non-hydrogen) atoms. The average molecular weight is 318 g/mol. The van der Waals surface area contributed by atoms with Crippen molar-refractivity contribution in [1.29, 1.82) is 0 Å². The van der Waals surface area contributed by atoms with Gasteiger partial charge in [0.05, 0.1) is 5.75 Å². The van der Waals surface area contributed by atoms with Gasteiger partial charge < -0.3 is 5.32 Å². The van der Waals surface area contributed by atoms with Crippen molar-refractivity contribution in [2.24, 2.45) is 0 Å². The normalized spacial score (nSPS) is 13.4. The van der Waals surface area contributed by atoms with Gasteiger partial charge in [-0.2, -0.15) is 0 Å². The molecule has 0 saturated heterocycles. The molecule has 1 rings (SSSR count). The lowest BCUT2D eigenvalue weighted by Gasteiger charge is -2.20. The quantitative estimate of drug-likeness (QED) is 0.798. The smallest absolute Gasteiger partial charge is 0.150 e. The van der Waals surface area contributed by atoms with E-state index in [0.29, 0.717) is 6.42 Å². The maximum atomic E-state index is 11.5. The molecule has 0 aliphatic rings. The summed E-state index contributed by atoms with van der Waals surface area (Å²) in [7, 11) is -2.89. The molecule has 0 saturated carbocycles. The zero-order valence-corrected chi connectivity index (χ0v) is 14.0. The summed E-state index contributed by atoms with van der Waals surface area (Å²) in [5, 5.41) is 4.13. The fourth-order valence-electron chi connectivity index (χ4n) is 2.18. The van der Waals surface area contributed by atoms with Crippen molar-refractivity contribution in [1.82, 2.24) is 5.32 Å². The highest BCUT2D eigenvalue weighted by Crippen LogP contribution is 2.27. The Labute approximate surface area is 127 Å². The van der Waals surface area contributed by atoms with Gasteiger partial charge in [0, 0.05) is 16.8 Å². The highest BCUT2D eigenvalue weighted by Gasteiger charge is 2.15. The van der Waals surface area contributed by atoms with E-state index in [4.69, 9.17) is 11.6 Å². The monoisotopic (exact) mass is 317 g/mol. The molecule has 0 aromatic heterocycles. The van der Waals surface area contributed by atoms with Gasteiger partial charge in [-0.05, 0) is 43.5 Å². The molecule has 0 aliphatic heterocycles. The van der Waals surface area contributed by atoms with Gasteiger partial charge in [-0.3, -0.25) is 0 Å². The van der Waals surface area contributed by atoms with E-state index >= 15 is 0 Å². The molecule has 0 bridgehead atoms. The van der Waals surface area contributed by atoms with E-state index < -0.39 is 9.84 Å². The van der Waals surface area contributed by atoms with Crippen LogP contribution in [0.3, 0.4) is 0 Å². The number of halogens is 1. The zero-order valence-electron chi connectivity index (χ0n) is 12.4. The standard InChI is InChI=1S/C15H24ClNO2S/c1-4-17-15(7-6-10-20(18,19)5-2)13-9-8-12(3)11-14(13)16/h8-9,11,15,17H,4-7,10H2,1-3H3. The summed E-state index contributed by atoms with van der Waals surface area (Å²) in [5.74, 6) is 0.457. The van der Waals surface area contributed by atoms with Gasteiger partial charge in [-0.25, -0.2) is 8.42 Å². The van der Waals surface area contributed by atoms with Gasteiger partial charge in [0.2, 0.25) is 0 Å². The summed E-state index contributed by atoms with van der Waals surface area (Å²) in [5.41, 5.74) is 2.18. The number of aryl methyl sites for hydroxylation is 1. The van der Waals surface area contributed by atoms with E-state index in [1.807, 2.05) is 32.0 Å². The van der Waals surface area contributed by atoms with Crippen LogP contribution >= 0.6 is 11.6 Å². The fraction of sp³-hybridized carbons (Fsp3) is 0.600. The first-order valence-electron chi connectivity index (χ1n) is 7.09. The molecule has 0 fully saturated rings. The van der Waals surface area contributed by atoms with Gasteiger partial charge in [0.1, 0.15) is 9.84 Å². The molecule has 0 amide bonds. The summed E-state index contributed by atoms with van der Waals surface area (Å²) in [6, 6.07) is 6.12. The highest BCUT2D eigenvalue weighted by atomic mass is 35.5. The minimum atomic E-state index is -2.89. The van der Waals surface area contributed by atoms with E-state index in [2.05, 4.69) is 5.32 Å². The molecule has 114 valence electrons. The Morgan fingerprint density at radius 3 is 2.55 bits per heavy atom. The predicted octanol–water partition coefficient (Wildman–Crippen LogP) is 3.51. The molecule has 0 radical (unpaired) electrons. The second-order valence-corrected chi connectivity index (χ2v) is 7.89. The van der Waals surface area contributed by atoms with Gasteiger partial charge >= 0.3 is 0 Å². The van der Waals surface area contributed by atoms with Gasteiger partial charge in [-0.1, -0.05) is 37.6 Å². The Hall–Kier alpha value is -0.580. The lowest BCUT2D eigenvalue weighted by atomic mass is 10.0. The lowest BCUT2D eigenvalue weighted by Crippen LogP contribution is -2.22. The van der Waals surface area contributed by atoms with Crippen LogP contribution in [0.5, 0.6) is 0 Å². The number of sulfone groups is 1. The van der Waals surface area contributed by atoms with Crippen LogP contribution in [0.2, 0.25) is 5.02 Å². The number of nitrogens with one attached hydrogen (secondary N) is 1.